The summed E-state index contributed by atoms with van der Waals surface area (Å²) in [5, 5.41) is 11.2. The highest BCUT2D eigenvalue weighted by atomic mass is 35.5. The van der Waals surface area contributed by atoms with Crippen LogP contribution in [-0.4, -0.2) is 16.1 Å². The summed E-state index contributed by atoms with van der Waals surface area (Å²) in [5.74, 6) is -0.156. The van der Waals surface area contributed by atoms with Crippen molar-refractivity contribution in [1.29, 1.82) is 0 Å². The van der Waals surface area contributed by atoms with Gasteiger partial charge in [0.15, 0.2) is 0 Å². The number of hydrogen-bond donors (Lipinski definition) is 3. The van der Waals surface area contributed by atoms with Crippen LogP contribution in [0, 0.1) is 0 Å². The first-order valence-corrected chi connectivity index (χ1v) is 7.05. The average Bonchev–Trinajstić information content (AvgIpc) is 3.04. The van der Waals surface area contributed by atoms with Gasteiger partial charge in [-0.25, -0.2) is 0 Å². The Kier molecular flexibility index (Phi) is 2.71. The lowest BCUT2D eigenvalue weighted by Crippen LogP contribution is -2.03. The van der Waals surface area contributed by atoms with Gasteiger partial charge in [0.25, 0.3) is 5.91 Å². The highest BCUT2D eigenvalue weighted by molar-refractivity contribution is 6.37. The third-order valence-electron chi connectivity index (χ3n) is 3.68. The minimum absolute atomic E-state index is 0.156. The molecule has 2 heterocycles. The van der Waals surface area contributed by atoms with E-state index in [1.807, 2.05) is 18.2 Å². The van der Waals surface area contributed by atoms with Gasteiger partial charge in [0.1, 0.15) is 0 Å². The lowest BCUT2D eigenvalue weighted by atomic mass is 10.0. The van der Waals surface area contributed by atoms with Gasteiger partial charge in [0.05, 0.1) is 11.7 Å². The van der Waals surface area contributed by atoms with E-state index in [1.165, 1.54) is 0 Å². The lowest BCUT2D eigenvalue weighted by Gasteiger charge is -2.02. The third kappa shape index (κ3) is 1.95. The Hall–Kier alpha value is -2.79. The summed E-state index contributed by atoms with van der Waals surface area (Å²) in [5.41, 5.74) is 10.3. The number of nitrogens with one attached hydrogen (secondary N) is 2. The number of carbonyl (C=O) groups excluding carboxylic acids is 1. The molecule has 4 N–H and O–H groups in total. The molecule has 3 aromatic rings. The van der Waals surface area contributed by atoms with Crippen molar-refractivity contribution in [3.05, 3.63) is 52.7 Å². The van der Waals surface area contributed by atoms with E-state index < -0.39 is 0 Å². The summed E-state index contributed by atoms with van der Waals surface area (Å²) in [6.45, 7) is 0. The molecule has 6 heteroatoms. The number of H-pyrrole nitrogens is 1. The maximum Gasteiger partial charge on any atom is 0.256 e. The van der Waals surface area contributed by atoms with Gasteiger partial charge in [-0.05, 0) is 42.0 Å². The van der Waals surface area contributed by atoms with E-state index in [-0.39, 0.29) is 5.91 Å². The first-order valence-electron chi connectivity index (χ1n) is 6.67. The second kappa shape index (κ2) is 4.61. The number of rotatable bonds is 1. The first-order chi connectivity index (χ1) is 10.6. The van der Waals surface area contributed by atoms with Crippen molar-refractivity contribution in [1.82, 2.24) is 10.2 Å². The van der Waals surface area contributed by atoms with E-state index in [0.29, 0.717) is 16.3 Å². The molecule has 0 aliphatic carbocycles. The molecule has 0 saturated heterocycles. The molecule has 5 nitrogen and oxygen atoms in total. The van der Waals surface area contributed by atoms with Crippen LogP contribution in [-0.2, 0) is 4.79 Å². The van der Waals surface area contributed by atoms with Crippen molar-refractivity contribution in [2.45, 2.75) is 0 Å². The second-order valence-electron chi connectivity index (χ2n) is 5.14. The second-order valence-corrected chi connectivity index (χ2v) is 5.58. The molecule has 0 saturated carbocycles. The Morgan fingerprint density at radius 2 is 2.09 bits per heavy atom. The maximum atomic E-state index is 12.2. The van der Waals surface area contributed by atoms with Gasteiger partial charge < -0.3 is 11.1 Å². The molecular formula is C16H11ClN4O. The van der Waals surface area contributed by atoms with Gasteiger partial charge in [-0.1, -0.05) is 11.6 Å². The molecule has 2 aromatic carbocycles. The number of amides is 1. The zero-order valence-electron chi connectivity index (χ0n) is 11.4. The van der Waals surface area contributed by atoms with Crippen molar-refractivity contribution in [2.24, 2.45) is 0 Å². The van der Waals surface area contributed by atoms with E-state index in [0.717, 1.165) is 27.7 Å². The van der Waals surface area contributed by atoms with Crippen LogP contribution in [0.2, 0.25) is 5.02 Å². The lowest BCUT2D eigenvalue weighted by molar-refractivity contribution is -0.110. The minimum atomic E-state index is -0.156. The van der Waals surface area contributed by atoms with Crippen LogP contribution >= 0.6 is 11.6 Å². The Morgan fingerprint density at radius 3 is 2.95 bits per heavy atom. The quantitative estimate of drug-likeness (QED) is 0.476. The number of nitrogens with zero attached hydrogens (tertiary/aromatic N) is 1. The number of fused-ring (bicyclic) bond motifs is 2. The van der Waals surface area contributed by atoms with E-state index in [9.17, 15) is 4.79 Å². The number of aromatic amines is 1. The summed E-state index contributed by atoms with van der Waals surface area (Å²) >= 11 is 6.04. The average molecular weight is 311 g/mol. The Labute approximate surface area is 130 Å². The normalized spacial score (nSPS) is 15.3. The molecule has 0 fully saturated rings. The number of halogens is 1. The highest BCUT2D eigenvalue weighted by Gasteiger charge is 2.24. The summed E-state index contributed by atoms with van der Waals surface area (Å²) < 4.78 is 0. The Bertz CT molecular complexity index is 958. The van der Waals surface area contributed by atoms with Crippen LogP contribution in [0.5, 0.6) is 0 Å². The van der Waals surface area contributed by atoms with Crippen LogP contribution in [0.3, 0.4) is 0 Å². The number of benzene rings is 2. The molecular weight excluding hydrogens is 300 g/mol. The molecule has 0 radical (unpaired) electrons. The fourth-order valence-electron chi connectivity index (χ4n) is 2.68. The van der Waals surface area contributed by atoms with Crippen molar-refractivity contribution in [3.63, 3.8) is 0 Å². The molecule has 22 heavy (non-hydrogen) atoms. The zero-order valence-corrected chi connectivity index (χ0v) is 12.1. The SMILES string of the molecule is Nc1cc(/C=C2\C(=O)Nc3ccc(Cl)cc32)c2cn[nH]c2c1. The highest BCUT2D eigenvalue weighted by Crippen LogP contribution is 2.36. The van der Waals surface area contributed by atoms with Crippen LogP contribution < -0.4 is 11.1 Å². The van der Waals surface area contributed by atoms with Gasteiger partial charge in [0.2, 0.25) is 0 Å². The van der Waals surface area contributed by atoms with E-state index in [1.54, 1.807) is 24.4 Å². The van der Waals surface area contributed by atoms with Gasteiger partial charge in [-0.3, -0.25) is 9.89 Å². The van der Waals surface area contributed by atoms with E-state index in [2.05, 4.69) is 15.5 Å². The summed E-state index contributed by atoms with van der Waals surface area (Å²) in [7, 11) is 0. The first kappa shape index (κ1) is 12.9. The molecule has 0 spiro atoms. The zero-order chi connectivity index (χ0) is 15.3. The number of hydrogen-bond acceptors (Lipinski definition) is 3. The molecule has 1 aromatic heterocycles. The van der Waals surface area contributed by atoms with Crippen molar-refractivity contribution in [3.8, 4) is 0 Å². The summed E-state index contributed by atoms with van der Waals surface area (Å²) in [6, 6.07) is 8.95. The van der Waals surface area contributed by atoms with Crippen LogP contribution in [0.1, 0.15) is 11.1 Å². The minimum Gasteiger partial charge on any atom is -0.399 e. The van der Waals surface area contributed by atoms with Crippen LogP contribution in [0.4, 0.5) is 11.4 Å². The van der Waals surface area contributed by atoms with Gasteiger partial charge in [-0.15, -0.1) is 0 Å². The van der Waals surface area contributed by atoms with Crippen LogP contribution in [0.15, 0.2) is 36.5 Å². The molecule has 1 amide bonds. The molecule has 108 valence electrons. The van der Waals surface area contributed by atoms with Crippen LogP contribution in [0.25, 0.3) is 22.6 Å². The topological polar surface area (TPSA) is 83.8 Å². The monoisotopic (exact) mass is 310 g/mol. The molecule has 4 rings (SSSR count). The van der Waals surface area contributed by atoms with Gasteiger partial charge in [0, 0.05) is 32.9 Å². The maximum absolute atomic E-state index is 12.2. The summed E-state index contributed by atoms with van der Waals surface area (Å²) in [6.07, 6.45) is 3.53. The molecule has 0 atom stereocenters. The predicted molar refractivity (Wildman–Crippen MR) is 88.5 cm³/mol. The third-order valence-corrected chi connectivity index (χ3v) is 3.91. The molecule has 1 aliphatic heterocycles. The predicted octanol–water partition coefficient (Wildman–Crippen LogP) is 3.29. The Morgan fingerprint density at radius 1 is 1.23 bits per heavy atom. The number of aromatic nitrogens is 2. The largest absolute Gasteiger partial charge is 0.399 e. The van der Waals surface area contributed by atoms with Crippen molar-refractivity contribution < 1.29 is 4.79 Å². The van der Waals surface area contributed by atoms with E-state index >= 15 is 0 Å². The fourth-order valence-corrected chi connectivity index (χ4v) is 2.85. The number of nitrogens with two attached hydrogens (primary N) is 1. The number of anilines is 2. The summed E-state index contributed by atoms with van der Waals surface area (Å²) in [4.78, 5) is 12.2. The number of nitrogen functional groups attached to an aromatic ring is 1. The van der Waals surface area contributed by atoms with Crippen molar-refractivity contribution in [2.75, 3.05) is 11.1 Å². The molecule has 0 unspecified atom stereocenters. The van der Waals surface area contributed by atoms with Gasteiger partial charge >= 0.3 is 0 Å². The smallest absolute Gasteiger partial charge is 0.256 e. The Balaban J connectivity index is 1.94. The van der Waals surface area contributed by atoms with E-state index in [4.69, 9.17) is 17.3 Å². The van der Waals surface area contributed by atoms with Crippen molar-refractivity contribution >= 4 is 51.4 Å². The standard InChI is InChI=1S/C16H11ClN4O/c17-9-1-2-14-11(5-9)12(16(22)20-14)4-8-3-10(18)6-15-13(8)7-19-21-15/h1-7H,18H2,(H,19,21)(H,20,22)/b12-4-. The van der Waals surface area contributed by atoms with Gasteiger partial charge in [-0.2, -0.15) is 5.10 Å². The molecule has 1 aliphatic rings. The molecule has 0 bridgehead atoms. The number of carbonyl (C=O) groups is 1. The fraction of sp³-hybridized carbons (Fsp3) is 0.